The molecule has 3 aromatic rings. The van der Waals surface area contributed by atoms with Gasteiger partial charge >= 0.3 is 12.2 Å². The molecule has 0 aliphatic carbocycles. The predicted molar refractivity (Wildman–Crippen MR) is 143 cm³/mol. The van der Waals surface area contributed by atoms with E-state index >= 15 is 0 Å². The van der Waals surface area contributed by atoms with E-state index in [0.717, 1.165) is 22.3 Å². The summed E-state index contributed by atoms with van der Waals surface area (Å²) in [5, 5.41) is 5.71. The van der Waals surface area contributed by atoms with E-state index in [9.17, 15) is 14.4 Å². The maximum Gasteiger partial charge on any atom is 0.407 e. The van der Waals surface area contributed by atoms with Crippen molar-refractivity contribution >= 4 is 18.1 Å². The number of hydrogen-bond acceptors (Lipinski definition) is 6. The molecule has 0 saturated carbocycles. The van der Waals surface area contributed by atoms with Gasteiger partial charge in [-0.05, 0) is 55.0 Å². The second kappa shape index (κ2) is 13.8. The Balaban J connectivity index is 1.50. The molecule has 200 valence electrons. The first-order valence-electron chi connectivity index (χ1n) is 12.4. The first kappa shape index (κ1) is 28.2. The van der Waals surface area contributed by atoms with Crippen molar-refractivity contribution in [2.75, 3.05) is 0 Å². The SMILES string of the molecule is CC(C)(C[C@H](Cc1cccnc1)C(=O)NCc1ccc(CNC(=O)OCc2ccccc2)cc1)OC(N)=O. The lowest BCUT2D eigenvalue weighted by molar-refractivity contribution is -0.127. The summed E-state index contributed by atoms with van der Waals surface area (Å²) in [6.07, 6.45) is 2.75. The summed E-state index contributed by atoms with van der Waals surface area (Å²) >= 11 is 0. The molecule has 1 heterocycles. The normalized spacial score (nSPS) is 11.7. The Morgan fingerprint density at radius 3 is 2.11 bits per heavy atom. The second-order valence-corrected chi connectivity index (χ2v) is 9.60. The molecular formula is C29H34N4O5. The Morgan fingerprint density at radius 1 is 0.868 bits per heavy atom. The maximum atomic E-state index is 13.1. The van der Waals surface area contributed by atoms with Gasteiger partial charge in [-0.1, -0.05) is 60.7 Å². The van der Waals surface area contributed by atoms with Crippen LogP contribution in [0.4, 0.5) is 9.59 Å². The summed E-state index contributed by atoms with van der Waals surface area (Å²) < 4.78 is 10.4. The number of nitrogens with two attached hydrogens (primary N) is 1. The van der Waals surface area contributed by atoms with Gasteiger partial charge in [0.15, 0.2) is 0 Å². The van der Waals surface area contributed by atoms with Gasteiger partial charge < -0.3 is 25.8 Å². The van der Waals surface area contributed by atoms with E-state index in [4.69, 9.17) is 15.2 Å². The standard InChI is InChI=1S/C29H34N4O5/c1-29(2,38-27(30)35)16-25(15-24-9-6-14-31-17-24)26(34)32-18-21-10-12-22(13-11-21)19-33-28(36)37-20-23-7-4-3-5-8-23/h3-14,17,25H,15-16,18-20H2,1-2H3,(H2,30,35)(H,32,34)(H,33,36)/t25-/m0/s1. The minimum Gasteiger partial charge on any atom is -0.445 e. The number of carbonyl (C=O) groups excluding carboxylic acids is 3. The van der Waals surface area contributed by atoms with Crippen LogP contribution in [0.15, 0.2) is 79.1 Å². The molecule has 1 aromatic heterocycles. The smallest absolute Gasteiger partial charge is 0.407 e. The molecule has 2 aromatic carbocycles. The van der Waals surface area contributed by atoms with Crippen LogP contribution in [0.1, 0.15) is 42.5 Å². The van der Waals surface area contributed by atoms with E-state index in [0.29, 0.717) is 25.9 Å². The van der Waals surface area contributed by atoms with Gasteiger partial charge in [-0.15, -0.1) is 0 Å². The van der Waals surface area contributed by atoms with Crippen molar-refractivity contribution in [1.29, 1.82) is 0 Å². The molecule has 9 nitrogen and oxygen atoms in total. The molecule has 3 amide bonds. The molecule has 0 saturated heterocycles. The van der Waals surface area contributed by atoms with Crippen molar-refractivity contribution in [3.05, 3.63) is 101 Å². The summed E-state index contributed by atoms with van der Waals surface area (Å²) in [6.45, 7) is 4.31. The van der Waals surface area contributed by atoms with Gasteiger partial charge in [-0.2, -0.15) is 0 Å². The van der Waals surface area contributed by atoms with Crippen LogP contribution in [-0.2, 0) is 40.4 Å². The van der Waals surface area contributed by atoms with Crippen molar-refractivity contribution in [3.63, 3.8) is 0 Å². The monoisotopic (exact) mass is 518 g/mol. The molecule has 0 aliphatic heterocycles. The number of ether oxygens (including phenoxy) is 2. The zero-order valence-electron chi connectivity index (χ0n) is 21.7. The van der Waals surface area contributed by atoms with Gasteiger partial charge in [0.25, 0.3) is 0 Å². The van der Waals surface area contributed by atoms with Crippen molar-refractivity contribution in [3.8, 4) is 0 Å². The number of amides is 3. The van der Waals surface area contributed by atoms with Crippen LogP contribution in [0.3, 0.4) is 0 Å². The Hall–Kier alpha value is -4.40. The van der Waals surface area contributed by atoms with E-state index in [1.807, 2.05) is 66.7 Å². The quantitative estimate of drug-likeness (QED) is 0.328. The minimum absolute atomic E-state index is 0.165. The fourth-order valence-electron chi connectivity index (χ4n) is 4.03. The molecule has 0 bridgehead atoms. The van der Waals surface area contributed by atoms with Gasteiger partial charge in [0.2, 0.25) is 5.91 Å². The first-order valence-corrected chi connectivity index (χ1v) is 12.4. The minimum atomic E-state index is -0.910. The van der Waals surface area contributed by atoms with Crippen LogP contribution in [0.25, 0.3) is 0 Å². The predicted octanol–water partition coefficient (Wildman–Crippen LogP) is 4.25. The van der Waals surface area contributed by atoms with E-state index in [-0.39, 0.29) is 12.5 Å². The third-order valence-corrected chi connectivity index (χ3v) is 5.83. The molecule has 0 unspecified atom stereocenters. The number of nitrogens with one attached hydrogen (secondary N) is 2. The summed E-state index contributed by atoms with van der Waals surface area (Å²) in [5.74, 6) is -0.624. The van der Waals surface area contributed by atoms with Crippen LogP contribution >= 0.6 is 0 Å². The fourth-order valence-corrected chi connectivity index (χ4v) is 4.03. The molecular weight excluding hydrogens is 484 g/mol. The lowest BCUT2D eigenvalue weighted by atomic mass is 9.88. The number of benzene rings is 2. The molecule has 1 atom stereocenters. The largest absolute Gasteiger partial charge is 0.445 e. The fraction of sp³-hybridized carbons (Fsp3) is 0.310. The average molecular weight is 519 g/mol. The van der Waals surface area contributed by atoms with E-state index in [2.05, 4.69) is 15.6 Å². The molecule has 4 N–H and O–H groups in total. The number of rotatable bonds is 12. The molecule has 0 spiro atoms. The van der Waals surface area contributed by atoms with Crippen molar-refractivity contribution < 1.29 is 23.9 Å². The molecule has 3 rings (SSSR count). The van der Waals surface area contributed by atoms with Crippen LogP contribution in [-0.4, -0.2) is 28.7 Å². The summed E-state index contributed by atoms with van der Waals surface area (Å²) in [6, 6.07) is 20.7. The van der Waals surface area contributed by atoms with Crippen molar-refractivity contribution in [2.45, 2.75) is 52.0 Å². The van der Waals surface area contributed by atoms with Crippen molar-refractivity contribution in [2.24, 2.45) is 11.7 Å². The third kappa shape index (κ3) is 9.93. The highest BCUT2D eigenvalue weighted by atomic mass is 16.6. The van der Waals surface area contributed by atoms with E-state index in [1.165, 1.54) is 0 Å². The number of pyridine rings is 1. The second-order valence-electron chi connectivity index (χ2n) is 9.60. The Labute approximate surface area is 222 Å². The van der Waals surface area contributed by atoms with E-state index in [1.54, 1.807) is 26.2 Å². The number of aromatic nitrogens is 1. The molecule has 0 aliphatic rings. The number of alkyl carbamates (subject to hydrolysis) is 1. The van der Waals surface area contributed by atoms with Crippen LogP contribution < -0.4 is 16.4 Å². The zero-order chi connectivity index (χ0) is 27.4. The molecule has 0 radical (unpaired) electrons. The first-order chi connectivity index (χ1) is 18.2. The topological polar surface area (TPSA) is 133 Å². The van der Waals surface area contributed by atoms with Gasteiger partial charge in [0, 0.05) is 31.4 Å². The molecule has 38 heavy (non-hydrogen) atoms. The number of primary amides is 1. The molecule has 9 heteroatoms. The van der Waals surface area contributed by atoms with Crippen LogP contribution in [0.2, 0.25) is 0 Å². The summed E-state index contributed by atoms with van der Waals surface area (Å²) in [7, 11) is 0. The Bertz CT molecular complexity index is 1180. The van der Waals surface area contributed by atoms with Crippen molar-refractivity contribution in [1.82, 2.24) is 15.6 Å². The lowest BCUT2D eigenvalue weighted by Gasteiger charge is -2.28. The highest BCUT2D eigenvalue weighted by molar-refractivity contribution is 5.79. The average Bonchev–Trinajstić information content (AvgIpc) is 2.90. The lowest BCUT2D eigenvalue weighted by Crippen LogP contribution is -2.39. The highest BCUT2D eigenvalue weighted by Crippen LogP contribution is 2.24. The van der Waals surface area contributed by atoms with Crippen LogP contribution in [0.5, 0.6) is 0 Å². The Morgan fingerprint density at radius 2 is 1.50 bits per heavy atom. The number of nitrogens with zero attached hydrogens (tertiary/aromatic N) is 1. The maximum absolute atomic E-state index is 13.1. The summed E-state index contributed by atoms with van der Waals surface area (Å²) in [5.41, 5.74) is 7.92. The van der Waals surface area contributed by atoms with Gasteiger partial charge in [0.05, 0.1) is 0 Å². The summed E-state index contributed by atoms with van der Waals surface area (Å²) in [4.78, 5) is 40.5. The van der Waals surface area contributed by atoms with Crippen LogP contribution in [0, 0.1) is 5.92 Å². The van der Waals surface area contributed by atoms with Gasteiger partial charge in [0.1, 0.15) is 12.2 Å². The Kier molecular flexibility index (Phi) is 10.2. The third-order valence-electron chi connectivity index (χ3n) is 5.83. The number of hydrogen-bond donors (Lipinski definition) is 3. The van der Waals surface area contributed by atoms with Gasteiger partial charge in [-0.3, -0.25) is 9.78 Å². The van der Waals surface area contributed by atoms with Gasteiger partial charge in [-0.25, -0.2) is 9.59 Å². The zero-order valence-corrected chi connectivity index (χ0v) is 21.7. The highest BCUT2D eigenvalue weighted by Gasteiger charge is 2.30. The van der Waals surface area contributed by atoms with E-state index < -0.39 is 23.7 Å². The molecule has 0 fully saturated rings. The number of carbonyl (C=O) groups is 3.